The van der Waals surface area contributed by atoms with Gasteiger partial charge in [-0.25, -0.2) is 9.18 Å². The van der Waals surface area contributed by atoms with E-state index in [9.17, 15) is 24.1 Å². The number of nitro groups is 1. The maximum atomic E-state index is 12.8. The number of nitrogens with one attached hydrogen (secondary N) is 1. The SMILES string of the molecule is COc1ccc(C(=O)OCC(=O)NCCc2ccc(F)cc2)cc1[N+](=O)[O-]. The van der Waals surface area contributed by atoms with Gasteiger partial charge < -0.3 is 14.8 Å². The number of carbonyl (C=O) groups is 2. The van der Waals surface area contributed by atoms with Gasteiger partial charge in [-0.2, -0.15) is 0 Å². The number of methoxy groups -OCH3 is 1. The molecule has 0 saturated carbocycles. The van der Waals surface area contributed by atoms with Crippen LogP contribution in [-0.4, -0.2) is 37.1 Å². The smallest absolute Gasteiger partial charge is 0.338 e. The van der Waals surface area contributed by atoms with Crippen LogP contribution in [0.15, 0.2) is 42.5 Å². The molecule has 9 heteroatoms. The van der Waals surface area contributed by atoms with E-state index in [1.54, 1.807) is 12.1 Å². The van der Waals surface area contributed by atoms with E-state index in [0.29, 0.717) is 6.42 Å². The Hall–Kier alpha value is -3.49. The van der Waals surface area contributed by atoms with Crippen molar-refractivity contribution in [3.05, 3.63) is 69.5 Å². The molecular formula is C18H17FN2O6. The van der Waals surface area contributed by atoms with Crippen LogP contribution < -0.4 is 10.1 Å². The van der Waals surface area contributed by atoms with E-state index < -0.39 is 23.4 Å². The number of hydrogen-bond donors (Lipinski definition) is 1. The number of ether oxygens (including phenoxy) is 2. The lowest BCUT2D eigenvalue weighted by molar-refractivity contribution is -0.385. The highest BCUT2D eigenvalue weighted by atomic mass is 19.1. The number of rotatable bonds is 8. The van der Waals surface area contributed by atoms with Crippen LogP contribution >= 0.6 is 0 Å². The largest absolute Gasteiger partial charge is 0.490 e. The molecule has 0 atom stereocenters. The average Bonchev–Trinajstić information content (AvgIpc) is 2.67. The second kappa shape index (κ2) is 9.27. The number of amides is 1. The molecule has 0 spiro atoms. The Morgan fingerprint density at radius 1 is 1.19 bits per heavy atom. The van der Waals surface area contributed by atoms with Crippen molar-refractivity contribution in [2.24, 2.45) is 0 Å². The molecular weight excluding hydrogens is 359 g/mol. The number of carbonyl (C=O) groups excluding carboxylic acids is 2. The Kier molecular flexibility index (Phi) is 6.81. The first-order valence-corrected chi connectivity index (χ1v) is 7.91. The fourth-order valence-electron chi connectivity index (χ4n) is 2.22. The van der Waals surface area contributed by atoms with Gasteiger partial charge in [0, 0.05) is 12.6 Å². The lowest BCUT2D eigenvalue weighted by Crippen LogP contribution is -2.30. The van der Waals surface area contributed by atoms with Gasteiger partial charge in [-0.1, -0.05) is 12.1 Å². The van der Waals surface area contributed by atoms with Crippen molar-refractivity contribution in [3.8, 4) is 5.75 Å². The van der Waals surface area contributed by atoms with Crippen LogP contribution in [0.25, 0.3) is 0 Å². The van der Waals surface area contributed by atoms with E-state index in [4.69, 9.17) is 9.47 Å². The third-order valence-corrected chi connectivity index (χ3v) is 3.59. The Balaban J connectivity index is 1.82. The zero-order valence-electron chi connectivity index (χ0n) is 14.4. The Bertz CT molecular complexity index is 838. The van der Waals surface area contributed by atoms with Gasteiger partial charge in [0.25, 0.3) is 5.91 Å². The summed E-state index contributed by atoms with van der Waals surface area (Å²) in [4.78, 5) is 34.0. The van der Waals surface area contributed by atoms with Crippen LogP contribution in [0.3, 0.4) is 0 Å². The molecule has 0 aromatic heterocycles. The second-order valence-electron chi connectivity index (χ2n) is 5.45. The molecule has 0 radical (unpaired) electrons. The van der Waals surface area contributed by atoms with E-state index >= 15 is 0 Å². The summed E-state index contributed by atoms with van der Waals surface area (Å²) in [5, 5.41) is 13.5. The highest BCUT2D eigenvalue weighted by molar-refractivity contribution is 5.92. The predicted molar refractivity (Wildman–Crippen MR) is 93.0 cm³/mol. The average molecular weight is 376 g/mol. The van der Waals surface area contributed by atoms with Crippen LogP contribution in [0.5, 0.6) is 5.75 Å². The highest BCUT2D eigenvalue weighted by Crippen LogP contribution is 2.27. The fraction of sp³-hybridized carbons (Fsp3) is 0.222. The molecule has 0 aliphatic heterocycles. The molecule has 1 N–H and O–H groups in total. The number of hydrogen-bond acceptors (Lipinski definition) is 6. The number of esters is 1. The van der Waals surface area contributed by atoms with Crippen LogP contribution in [0, 0.1) is 15.9 Å². The van der Waals surface area contributed by atoms with E-state index in [0.717, 1.165) is 11.6 Å². The van der Waals surface area contributed by atoms with Gasteiger partial charge in [0.1, 0.15) is 5.82 Å². The first-order chi connectivity index (χ1) is 12.9. The number of halogens is 1. The summed E-state index contributed by atoms with van der Waals surface area (Å²) < 4.78 is 22.5. The molecule has 8 nitrogen and oxygen atoms in total. The molecule has 2 rings (SSSR count). The highest BCUT2D eigenvalue weighted by Gasteiger charge is 2.19. The summed E-state index contributed by atoms with van der Waals surface area (Å²) in [5.74, 6) is -1.72. The molecule has 1 amide bonds. The first-order valence-electron chi connectivity index (χ1n) is 7.91. The zero-order valence-corrected chi connectivity index (χ0v) is 14.4. The molecule has 2 aromatic carbocycles. The number of nitro benzene ring substituents is 1. The van der Waals surface area contributed by atoms with E-state index in [-0.39, 0.29) is 29.4 Å². The van der Waals surface area contributed by atoms with E-state index in [2.05, 4.69) is 5.32 Å². The van der Waals surface area contributed by atoms with Crippen LogP contribution in [0.2, 0.25) is 0 Å². The minimum atomic E-state index is -0.866. The van der Waals surface area contributed by atoms with Crippen molar-refractivity contribution < 1.29 is 28.4 Å². The van der Waals surface area contributed by atoms with Gasteiger partial charge >= 0.3 is 11.7 Å². The van der Waals surface area contributed by atoms with Gasteiger partial charge in [0.05, 0.1) is 17.6 Å². The summed E-state index contributed by atoms with van der Waals surface area (Å²) in [6.07, 6.45) is 0.491. The molecule has 0 heterocycles. The Morgan fingerprint density at radius 3 is 2.52 bits per heavy atom. The molecule has 0 bridgehead atoms. The third kappa shape index (κ3) is 5.77. The monoisotopic (exact) mass is 376 g/mol. The second-order valence-corrected chi connectivity index (χ2v) is 5.45. The van der Waals surface area contributed by atoms with Gasteiger partial charge in [-0.15, -0.1) is 0 Å². The lowest BCUT2D eigenvalue weighted by atomic mass is 10.1. The van der Waals surface area contributed by atoms with Crippen molar-refractivity contribution >= 4 is 17.6 Å². The number of benzene rings is 2. The molecule has 27 heavy (non-hydrogen) atoms. The van der Waals surface area contributed by atoms with Gasteiger partial charge in [0.2, 0.25) is 0 Å². The van der Waals surface area contributed by atoms with Crippen LogP contribution in [-0.2, 0) is 16.0 Å². The molecule has 0 unspecified atom stereocenters. The van der Waals surface area contributed by atoms with Crippen molar-refractivity contribution in [1.29, 1.82) is 0 Å². The van der Waals surface area contributed by atoms with Crippen molar-refractivity contribution in [1.82, 2.24) is 5.32 Å². The van der Waals surface area contributed by atoms with Gasteiger partial charge in [-0.3, -0.25) is 14.9 Å². The van der Waals surface area contributed by atoms with Crippen molar-refractivity contribution in [2.45, 2.75) is 6.42 Å². The summed E-state index contributed by atoms with van der Waals surface area (Å²) in [5.41, 5.74) is 0.400. The Labute approximate surface area is 154 Å². The minimum Gasteiger partial charge on any atom is -0.490 e. The Morgan fingerprint density at radius 2 is 1.89 bits per heavy atom. The summed E-state index contributed by atoms with van der Waals surface area (Å²) >= 11 is 0. The molecule has 0 aliphatic carbocycles. The summed E-state index contributed by atoms with van der Waals surface area (Å²) in [7, 11) is 1.27. The minimum absolute atomic E-state index is 0.00934. The zero-order chi connectivity index (χ0) is 19.8. The third-order valence-electron chi connectivity index (χ3n) is 3.59. The number of nitrogens with zero attached hydrogens (tertiary/aromatic N) is 1. The topological polar surface area (TPSA) is 108 Å². The fourth-order valence-corrected chi connectivity index (χ4v) is 2.22. The van der Waals surface area contributed by atoms with E-state index in [1.807, 2.05) is 0 Å². The van der Waals surface area contributed by atoms with Crippen molar-refractivity contribution in [2.75, 3.05) is 20.3 Å². The molecule has 0 fully saturated rings. The summed E-state index contributed by atoms with van der Waals surface area (Å²) in [6, 6.07) is 9.47. The molecule has 142 valence electrons. The summed E-state index contributed by atoms with van der Waals surface area (Å²) in [6.45, 7) is -0.238. The van der Waals surface area contributed by atoms with Gasteiger partial charge in [-0.05, 0) is 36.2 Å². The maximum Gasteiger partial charge on any atom is 0.338 e. The molecule has 0 saturated heterocycles. The van der Waals surface area contributed by atoms with Gasteiger partial charge in [0.15, 0.2) is 12.4 Å². The van der Waals surface area contributed by atoms with E-state index in [1.165, 1.54) is 31.4 Å². The standard InChI is InChI=1S/C18H17FN2O6/c1-26-16-7-4-13(10-15(16)21(24)25)18(23)27-11-17(22)20-9-8-12-2-5-14(19)6-3-12/h2-7,10H,8-9,11H2,1H3,(H,20,22). The van der Waals surface area contributed by atoms with Crippen LogP contribution in [0.1, 0.15) is 15.9 Å². The molecule has 0 aliphatic rings. The molecule has 2 aromatic rings. The quantitative estimate of drug-likeness (QED) is 0.430. The van der Waals surface area contributed by atoms with Crippen molar-refractivity contribution in [3.63, 3.8) is 0 Å². The lowest BCUT2D eigenvalue weighted by Gasteiger charge is -2.08. The van der Waals surface area contributed by atoms with Crippen LogP contribution in [0.4, 0.5) is 10.1 Å². The normalized spacial score (nSPS) is 10.1. The first kappa shape index (κ1) is 19.8. The maximum absolute atomic E-state index is 12.8. The predicted octanol–water partition coefficient (Wildman–Crippen LogP) is 2.26.